The minimum Gasteiger partial charge on any atom is -0.0800 e. The molecular weight excluding hydrogens is 396 g/mol. The molecule has 0 aliphatic heterocycles. The number of allylic oxidation sites excluding steroid dienone is 2. The fourth-order valence-electron chi connectivity index (χ4n) is 5.84. The molecule has 0 heteroatoms. The van der Waals surface area contributed by atoms with E-state index in [4.69, 9.17) is 0 Å². The van der Waals surface area contributed by atoms with Gasteiger partial charge < -0.3 is 0 Å². The lowest BCUT2D eigenvalue weighted by Gasteiger charge is -2.20. The maximum absolute atomic E-state index is 2.48. The van der Waals surface area contributed by atoms with E-state index in [2.05, 4.69) is 115 Å². The summed E-state index contributed by atoms with van der Waals surface area (Å²) in [6.45, 7) is 0. The van der Waals surface area contributed by atoms with Crippen molar-refractivity contribution < 1.29 is 0 Å². The molecule has 0 bridgehead atoms. The third-order valence-electron chi connectivity index (χ3n) is 7.41. The van der Waals surface area contributed by atoms with Gasteiger partial charge in [0.25, 0.3) is 0 Å². The highest BCUT2D eigenvalue weighted by Crippen LogP contribution is 2.46. The predicted octanol–water partition coefficient (Wildman–Crippen LogP) is 9.26. The molecule has 0 amide bonds. The van der Waals surface area contributed by atoms with Crippen LogP contribution in [-0.2, 0) is 0 Å². The second kappa shape index (κ2) is 7.32. The van der Waals surface area contributed by atoms with Crippen LogP contribution in [0.1, 0.15) is 29.9 Å². The molecule has 1 aliphatic carbocycles. The van der Waals surface area contributed by atoms with Crippen LogP contribution in [0.2, 0.25) is 0 Å². The first-order valence-electron chi connectivity index (χ1n) is 11.9. The van der Waals surface area contributed by atoms with Crippen LogP contribution >= 0.6 is 0 Å². The molecule has 0 spiro atoms. The Morgan fingerprint density at radius 2 is 1.03 bits per heavy atom. The second-order valence-electron chi connectivity index (χ2n) is 9.28. The van der Waals surface area contributed by atoms with Gasteiger partial charge in [-0.1, -0.05) is 91.0 Å². The van der Waals surface area contributed by atoms with E-state index in [1.165, 1.54) is 66.2 Å². The number of hydrogen-bond acceptors (Lipinski definition) is 0. The Balaban J connectivity index is 1.43. The van der Waals surface area contributed by atoms with E-state index in [0.29, 0.717) is 5.92 Å². The lowest BCUT2D eigenvalue weighted by Crippen LogP contribution is -2.00. The van der Waals surface area contributed by atoms with Crippen LogP contribution in [-0.4, -0.2) is 0 Å². The van der Waals surface area contributed by atoms with Gasteiger partial charge in [0.1, 0.15) is 0 Å². The molecule has 0 saturated carbocycles. The Kier molecular flexibility index (Phi) is 4.14. The van der Waals surface area contributed by atoms with E-state index >= 15 is 0 Å². The van der Waals surface area contributed by atoms with E-state index in [1.54, 1.807) is 0 Å². The SMILES string of the molecule is C1=C(c2cccc3cc4ccccc4cc23)C(c2cccc3cc4ccccc4cc23)CC1. The topological polar surface area (TPSA) is 0 Å². The number of hydrogen-bond donors (Lipinski definition) is 0. The highest BCUT2D eigenvalue weighted by molar-refractivity contribution is 6.05. The Bertz CT molecular complexity index is 1720. The lowest BCUT2D eigenvalue weighted by molar-refractivity contribution is 0.818. The van der Waals surface area contributed by atoms with Crippen LogP contribution in [0.3, 0.4) is 0 Å². The maximum atomic E-state index is 2.48. The zero-order valence-electron chi connectivity index (χ0n) is 18.5. The smallest absolute Gasteiger partial charge is 0.0101 e. The van der Waals surface area contributed by atoms with Gasteiger partial charge in [-0.2, -0.15) is 0 Å². The standard InChI is InChI=1S/C33H24/c1-3-10-24-20-32-26(18-22(24)8-1)12-5-14-30(32)28-16-7-17-29(28)31-15-6-13-27-19-23-9-2-4-11-25(23)21-33(27)31/h1-6,8-16,18-21,29H,7,17H2. The van der Waals surface area contributed by atoms with Crippen LogP contribution in [0.5, 0.6) is 0 Å². The van der Waals surface area contributed by atoms with Crippen molar-refractivity contribution in [2.45, 2.75) is 18.8 Å². The molecule has 0 nitrogen and oxygen atoms in total. The minimum absolute atomic E-state index is 0.423. The van der Waals surface area contributed by atoms with Crippen molar-refractivity contribution >= 4 is 48.7 Å². The second-order valence-corrected chi connectivity index (χ2v) is 9.28. The molecule has 0 N–H and O–H groups in total. The van der Waals surface area contributed by atoms with Gasteiger partial charge in [0, 0.05) is 5.92 Å². The molecule has 1 aliphatic rings. The number of benzene rings is 6. The van der Waals surface area contributed by atoms with Crippen molar-refractivity contribution in [2.24, 2.45) is 0 Å². The highest BCUT2D eigenvalue weighted by Gasteiger charge is 2.25. The van der Waals surface area contributed by atoms with E-state index in [0.717, 1.165) is 6.42 Å². The third-order valence-corrected chi connectivity index (χ3v) is 7.41. The third kappa shape index (κ3) is 2.98. The molecule has 7 rings (SSSR count). The Hall–Kier alpha value is -3.90. The number of rotatable bonds is 2. The molecule has 0 aromatic heterocycles. The maximum Gasteiger partial charge on any atom is 0.0101 e. The molecule has 1 atom stereocenters. The van der Waals surface area contributed by atoms with Crippen LogP contribution in [0.25, 0.3) is 48.7 Å². The molecule has 0 fully saturated rings. The first kappa shape index (κ1) is 18.7. The van der Waals surface area contributed by atoms with Gasteiger partial charge in [-0.25, -0.2) is 0 Å². The van der Waals surface area contributed by atoms with Crippen molar-refractivity contribution in [3.05, 3.63) is 126 Å². The van der Waals surface area contributed by atoms with Crippen LogP contribution in [0, 0.1) is 0 Å². The van der Waals surface area contributed by atoms with Crippen molar-refractivity contribution in [3.63, 3.8) is 0 Å². The normalized spacial score (nSPS) is 16.1. The zero-order chi connectivity index (χ0) is 21.8. The highest BCUT2D eigenvalue weighted by atomic mass is 14.3. The molecule has 0 radical (unpaired) electrons. The fraction of sp³-hybridized carbons (Fsp3) is 0.0909. The molecule has 156 valence electrons. The summed E-state index contributed by atoms with van der Waals surface area (Å²) in [5.74, 6) is 0.423. The summed E-state index contributed by atoms with van der Waals surface area (Å²) in [6, 6.07) is 40.5. The van der Waals surface area contributed by atoms with Crippen molar-refractivity contribution in [1.82, 2.24) is 0 Å². The molecule has 33 heavy (non-hydrogen) atoms. The van der Waals surface area contributed by atoms with Gasteiger partial charge in [0.05, 0.1) is 0 Å². The molecule has 0 heterocycles. The van der Waals surface area contributed by atoms with Gasteiger partial charge in [-0.3, -0.25) is 0 Å². The predicted molar refractivity (Wildman–Crippen MR) is 143 cm³/mol. The summed E-state index contributed by atoms with van der Waals surface area (Å²) in [5, 5.41) is 10.6. The van der Waals surface area contributed by atoms with E-state index < -0.39 is 0 Å². The van der Waals surface area contributed by atoms with Crippen molar-refractivity contribution in [3.8, 4) is 0 Å². The molecule has 6 aromatic carbocycles. The average molecular weight is 421 g/mol. The van der Waals surface area contributed by atoms with Crippen LogP contribution in [0.4, 0.5) is 0 Å². The zero-order valence-corrected chi connectivity index (χ0v) is 18.5. The minimum atomic E-state index is 0.423. The largest absolute Gasteiger partial charge is 0.0800 e. The summed E-state index contributed by atoms with van der Waals surface area (Å²) >= 11 is 0. The summed E-state index contributed by atoms with van der Waals surface area (Å²) in [5.41, 5.74) is 4.33. The fourth-order valence-corrected chi connectivity index (χ4v) is 5.84. The average Bonchev–Trinajstić information content (AvgIpc) is 3.35. The Morgan fingerprint density at radius 3 is 1.73 bits per heavy atom. The summed E-state index contributed by atoms with van der Waals surface area (Å²) < 4.78 is 0. The summed E-state index contributed by atoms with van der Waals surface area (Å²) in [6.07, 6.45) is 4.79. The van der Waals surface area contributed by atoms with Gasteiger partial charge in [0.2, 0.25) is 0 Å². The quantitative estimate of drug-likeness (QED) is 0.245. The van der Waals surface area contributed by atoms with Crippen LogP contribution in [0.15, 0.2) is 115 Å². The number of fused-ring (bicyclic) bond motifs is 4. The van der Waals surface area contributed by atoms with Crippen molar-refractivity contribution in [2.75, 3.05) is 0 Å². The van der Waals surface area contributed by atoms with E-state index in [9.17, 15) is 0 Å². The first-order valence-corrected chi connectivity index (χ1v) is 11.9. The Labute approximate surface area is 193 Å². The Morgan fingerprint density at radius 1 is 0.485 bits per heavy atom. The van der Waals surface area contributed by atoms with E-state index in [1.807, 2.05) is 0 Å². The van der Waals surface area contributed by atoms with Gasteiger partial charge >= 0.3 is 0 Å². The lowest BCUT2D eigenvalue weighted by atomic mass is 9.83. The van der Waals surface area contributed by atoms with Gasteiger partial charge in [-0.15, -0.1) is 0 Å². The monoisotopic (exact) mass is 420 g/mol. The summed E-state index contributed by atoms with van der Waals surface area (Å²) in [7, 11) is 0. The van der Waals surface area contributed by atoms with Crippen LogP contribution < -0.4 is 0 Å². The molecule has 1 unspecified atom stereocenters. The molecular formula is C33H24. The first-order chi connectivity index (χ1) is 16.3. The summed E-state index contributed by atoms with van der Waals surface area (Å²) in [4.78, 5) is 0. The van der Waals surface area contributed by atoms with Gasteiger partial charge in [-0.05, 0) is 96.9 Å². The molecule has 0 saturated heterocycles. The molecule has 6 aromatic rings. The van der Waals surface area contributed by atoms with E-state index in [-0.39, 0.29) is 0 Å². The van der Waals surface area contributed by atoms with Gasteiger partial charge in [0.15, 0.2) is 0 Å². The van der Waals surface area contributed by atoms with Crippen molar-refractivity contribution in [1.29, 1.82) is 0 Å².